The van der Waals surface area contributed by atoms with E-state index in [4.69, 9.17) is 16.1 Å². The van der Waals surface area contributed by atoms with Gasteiger partial charge in [-0.3, -0.25) is 9.69 Å². The van der Waals surface area contributed by atoms with Crippen molar-refractivity contribution in [3.05, 3.63) is 65.0 Å². The van der Waals surface area contributed by atoms with Crippen molar-refractivity contribution in [2.24, 2.45) is 0 Å². The lowest BCUT2D eigenvalue weighted by atomic mass is 10.1. The summed E-state index contributed by atoms with van der Waals surface area (Å²) in [5, 5.41) is 4.19. The molecule has 1 fully saturated rings. The van der Waals surface area contributed by atoms with Crippen molar-refractivity contribution in [1.29, 1.82) is 0 Å². The van der Waals surface area contributed by atoms with Crippen molar-refractivity contribution in [2.45, 2.75) is 17.9 Å². The molecular formula is C22H23ClN4O4S. The summed E-state index contributed by atoms with van der Waals surface area (Å²) in [6, 6.07) is 13.9. The van der Waals surface area contributed by atoms with Crippen LogP contribution in [0.25, 0.3) is 11.4 Å². The van der Waals surface area contributed by atoms with E-state index in [0.29, 0.717) is 43.5 Å². The maximum Gasteiger partial charge on any atom is 0.253 e. The second kappa shape index (κ2) is 9.01. The summed E-state index contributed by atoms with van der Waals surface area (Å²) in [5.41, 5.74) is 1.20. The molecule has 1 saturated heterocycles. The maximum absolute atomic E-state index is 12.9. The van der Waals surface area contributed by atoms with Crippen molar-refractivity contribution in [1.82, 2.24) is 19.9 Å². The molecule has 1 atom stereocenters. The van der Waals surface area contributed by atoms with Gasteiger partial charge >= 0.3 is 0 Å². The van der Waals surface area contributed by atoms with E-state index in [-0.39, 0.29) is 21.9 Å². The number of sulfone groups is 1. The Morgan fingerprint density at radius 2 is 1.78 bits per heavy atom. The molecule has 3 aromatic rings. The SMILES string of the molecule is CC(c1nc(-c2ccccc2)no1)N1CCN(C(=O)c2ccc(Cl)c(S(C)(=O)=O)c2)CC1. The fourth-order valence-electron chi connectivity index (χ4n) is 3.68. The van der Waals surface area contributed by atoms with Crippen LogP contribution in [0, 0.1) is 0 Å². The van der Waals surface area contributed by atoms with Crippen molar-refractivity contribution in [2.75, 3.05) is 32.4 Å². The van der Waals surface area contributed by atoms with E-state index >= 15 is 0 Å². The van der Waals surface area contributed by atoms with Gasteiger partial charge in [-0.25, -0.2) is 8.42 Å². The van der Waals surface area contributed by atoms with Gasteiger partial charge in [-0.15, -0.1) is 0 Å². The van der Waals surface area contributed by atoms with Gasteiger partial charge in [0.25, 0.3) is 5.91 Å². The zero-order valence-corrected chi connectivity index (χ0v) is 19.3. The van der Waals surface area contributed by atoms with E-state index in [1.807, 2.05) is 37.3 Å². The average Bonchev–Trinajstić information content (AvgIpc) is 3.29. The van der Waals surface area contributed by atoms with E-state index in [1.54, 1.807) is 11.0 Å². The van der Waals surface area contributed by atoms with E-state index < -0.39 is 9.84 Å². The second-order valence-corrected chi connectivity index (χ2v) is 10.1. The molecule has 1 aromatic heterocycles. The van der Waals surface area contributed by atoms with Gasteiger partial charge in [0.05, 0.1) is 16.0 Å². The minimum atomic E-state index is -3.52. The fraction of sp³-hybridized carbons (Fsp3) is 0.318. The first kappa shape index (κ1) is 22.4. The number of aromatic nitrogens is 2. The van der Waals surface area contributed by atoms with Gasteiger partial charge in [0.15, 0.2) is 9.84 Å². The Labute approximate surface area is 191 Å². The Hall–Kier alpha value is -2.75. The van der Waals surface area contributed by atoms with Crippen LogP contribution >= 0.6 is 11.6 Å². The summed E-state index contributed by atoms with van der Waals surface area (Å²) >= 11 is 5.99. The molecule has 32 heavy (non-hydrogen) atoms. The summed E-state index contributed by atoms with van der Waals surface area (Å²) < 4.78 is 29.3. The van der Waals surface area contributed by atoms with Gasteiger partial charge < -0.3 is 9.42 Å². The third-order valence-corrected chi connectivity index (χ3v) is 7.14. The van der Waals surface area contributed by atoms with E-state index in [9.17, 15) is 13.2 Å². The molecule has 1 amide bonds. The highest BCUT2D eigenvalue weighted by atomic mass is 35.5. The summed E-state index contributed by atoms with van der Waals surface area (Å²) in [7, 11) is -3.52. The monoisotopic (exact) mass is 474 g/mol. The Morgan fingerprint density at radius 3 is 2.44 bits per heavy atom. The number of piperazine rings is 1. The molecular weight excluding hydrogens is 452 g/mol. The van der Waals surface area contributed by atoms with Crippen LogP contribution in [0.5, 0.6) is 0 Å². The first-order chi connectivity index (χ1) is 15.2. The first-order valence-corrected chi connectivity index (χ1v) is 12.4. The smallest absolute Gasteiger partial charge is 0.253 e. The number of carbonyl (C=O) groups is 1. The number of amides is 1. The normalized spacial score (nSPS) is 16.2. The number of hydrogen-bond donors (Lipinski definition) is 0. The molecule has 0 spiro atoms. The molecule has 10 heteroatoms. The number of benzene rings is 2. The predicted octanol–water partition coefficient (Wildman–Crippen LogP) is 3.31. The van der Waals surface area contributed by atoms with Crippen LogP contribution in [-0.2, 0) is 9.84 Å². The van der Waals surface area contributed by atoms with Crippen LogP contribution in [0.2, 0.25) is 5.02 Å². The lowest BCUT2D eigenvalue weighted by Crippen LogP contribution is -2.49. The summed E-state index contributed by atoms with van der Waals surface area (Å²) in [6.45, 7) is 4.25. The lowest BCUT2D eigenvalue weighted by molar-refractivity contribution is 0.0551. The molecule has 1 unspecified atom stereocenters. The molecule has 0 N–H and O–H groups in total. The summed E-state index contributed by atoms with van der Waals surface area (Å²) in [4.78, 5) is 21.3. The average molecular weight is 475 g/mol. The molecule has 0 saturated carbocycles. The third kappa shape index (κ3) is 4.69. The Bertz CT molecular complexity index is 1220. The third-order valence-electron chi connectivity index (χ3n) is 5.56. The number of hydrogen-bond acceptors (Lipinski definition) is 7. The Kier molecular flexibility index (Phi) is 6.32. The molecule has 8 nitrogen and oxygen atoms in total. The molecule has 1 aliphatic heterocycles. The van der Waals surface area contributed by atoms with Gasteiger partial charge in [-0.2, -0.15) is 4.98 Å². The molecule has 0 aliphatic carbocycles. The largest absolute Gasteiger partial charge is 0.337 e. The first-order valence-electron chi connectivity index (χ1n) is 10.2. The van der Waals surface area contributed by atoms with Gasteiger partial charge in [-0.05, 0) is 25.1 Å². The van der Waals surface area contributed by atoms with Crippen LogP contribution in [0.1, 0.15) is 29.2 Å². The van der Waals surface area contributed by atoms with Gasteiger partial charge in [-0.1, -0.05) is 47.1 Å². The standard InChI is InChI=1S/C22H23ClN4O4S/c1-15(21-24-20(25-31-21)16-6-4-3-5-7-16)26-10-12-27(13-11-26)22(28)17-8-9-18(23)19(14-17)32(2,29)30/h3-9,14-15H,10-13H2,1-2H3. The van der Waals surface area contributed by atoms with E-state index in [2.05, 4.69) is 15.0 Å². The molecule has 0 bridgehead atoms. The minimum absolute atomic E-state index is 0.0390. The number of rotatable bonds is 5. The Balaban J connectivity index is 1.41. The maximum atomic E-state index is 12.9. The van der Waals surface area contributed by atoms with Gasteiger partial charge in [0, 0.05) is 43.6 Å². The molecule has 2 aromatic carbocycles. The van der Waals surface area contributed by atoms with Crippen molar-refractivity contribution < 1.29 is 17.7 Å². The highest BCUT2D eigenvalue weighted by Crippen LogP contribution is 2.26. The van der Waals surface area contributed by atoms with Crippen LogP contribution < -0.4 is 0 Å². The van der Waals surface area contributed by atoms with Crippen LogP contribution in [0.3, 0.4) is 0 Å². The van der Waals surface area contributed by atoms with Gasteiger partial charge in [0.1, 0.15) is 0 Å². The molecule has 0 radical (unpaired) electrons. The highest BCUT2D eigenvalue weighted by Gasteiger charge is 2.29. The topological polar surface area (TPSA) is 96.6 Å². The Morgan fingerprint density at radius 1 is 1.09 bits per heavy atom. The minimum Gasteiger partial charge on any atom is -0.337 e. The predicted molar refractivity (Wildman–Crippen MR) is 120 cm³/mol. The van der Waals surface area contributed by atoms with Crippen LogP contribution in [0.15, 0.2) is 57.9 Å². The number of halogens is 1. The fourth-order valence-corrected chi connectivity index (χ4v) is 4.98. The lowest BCUT2D eigenvalue weighted by Gasteiger charge is -2.36. The zero-order valence-electron chi connectivity index (χ0n) is 17.7. The summed E-state index contributed by atoms with van der Waals surface area (Å²) in [6.07, 6.45) is 1.07. The zero-order chi connectivity index (χ0) is 22.9. The van der Waals surface area contributed by atoms with E-state index in [0.717, 1.165) is 11.8 Å². The molecule has 4 rings (SSSR count). The van der Waals surface area contributed by atoms with Crippen LogP contribution in [0.4, 0.5) is 0 Å². The van der Waals surface area contributed by atoms with Gasteiger partial charge in [0.2, 0.25) is 11.7 Å². The van der Waals surface area contributed by atoms with Crippen molar-refractivity contribution >= 4 is 27.3 Å². The highest BCUT2D eigenvalue weighted by molar-refractivity contribution is 7.90. The molecule has 2 heterocycles. The van der Waals surface area contributed by atoms with Crippen molar-refractivity contribution in [3.63, 3.8) is 0 Å². The summed E-state index contributed by atoms with van der Waals surface area (Å²) in [5.74, 6) is 0.854. The van der Waals surface area contributed by atoms with Crippen LogP contribution in [-0.4, -0.2) is 66.7 Å². The van der Waals surface area contributed by atoms with Crippen molar-refractivity contribution in [3.8, 4) is 11.4 Å². The quantitative estimate of drug-likeness (QED) is 0.559. The molecule has 168 valence electrons. The van der Waals surface area contributed by atoms with E-state index in [1.165, 1.54) is 12.1 Å². The second-order valence-electron chi connectivity index (χ2n) is 7.74. The number of nitrogens with zero attached hydrogens (tertiary/aromatic N) is 4. The molecule has 1 aliphatic rings. The number of carbonyl (C=O) groups excluding carboxylic acids is 1.